The largest absolute Gasteiger partial charge is 0.380 e. The van der Waals surface area contributed by atoms with E-state index in [1.807, 2.05) is 6.92 Å². The van der Waals surface area contributed by atoms with Crippen LogP contribution in [0.5, 0.6) is 0 Å². The van der Waals surface area contributed by atoms with E-state index in [1.165, 1.54) is 10.8 Å². The lowest BCUT2D eigenvalue weighted by molar-refractivity contribution is 0.149. The maximum atomic E-state index is 5.15. The van der Waals surface area contributed by atoms with Crippen LogP contribution in [0, 0.1) is 0 Å². The van der Waals surface area contributed by atoms with E-state index in [0.717, 1.165) is 26.3 Å². The zero-order valence-corrected chi connectivity index (χ0v) is 8.69. The highest BCUT2D eigenvalue weighted by Gasteiger charge is 1.85. The molecule has 0 aliphatic rings. The van der Waals surface area contributed by atoms with Gasteiger partial charge in [-0.2, -0.15) is 0 Å². The first kappa shape index (κ1) is 10.7. The summed E-state index contributed by atoms with van der Waals surface area (Å²) in [5, 5.41) is 3.29. The average Bonchev–Trinajstić information content (AvgIpc) is 1.97. The predicted molar refractivity (Wildman–Crippen MR) is 52.9 cm³/mol. The maximum Gasteiger partial charge on any atom is 0.0590 e. The number of halogens is 1. The van der Waals surface area contributed by atoms with Crippen molar-refractivity contribution in [2.45, 2.75) is 13.3 Å². The Hall–Kier alpha value is 0.650. The second-order valence-corrected chi connectivity index (χ2v) is 3.07. The molecule has 0 radical (unpaired) electrons. The number of ether oxygens (including phenoxy) is 1. The molecule has 62 valence electrons. The normalized spacial score (nSPS) is 10.2. The molecule has 0 saturated heterocycles. The molecular weight excluding hydrogens is 241 g/mol. The molecule has 0 aliphatic heterocycles. The fourth-order valence-electron chi connectivity index (χ4n) is 0.605. The van der Waals surface area contributed by atoms with Crippen molar-refractivity contribution in [1.29, 1.82) is 0 Å². The third-order valence-electron chi connectivity index (χ3n) is 1.11. The van der Waals surface area contributed by atoms with Crippen molar-refractivity contribution in [1.82, 2.24) is 5.32 Å². The van der Waals surface area contributed by atoms with Crippen molar-refractivity contribution in [2.75, 3.05) is 30.7 Å². The minimum atomic E-state index is 0.827. The van der Waals surface area contributed by atoms with E-state index in [1.54, 1.807) is 0 Å². The van der Waals surface area contributed by atoms with Gasteiger partial charge in [0.2, 0.25) is 0 Å². The first-order valence-corrected chi connectivity index (χ1v) is 5.28. The lowest BCUT2D eigenvalue weighted by atomic mass is 10.5. The molecule has 0 heterocycles. The van der Waals surface area contributed by atoms with Gasteiger partial charge in [0.05, 0.1) is 6.61 Å². The van der Waals surface area contributed by atoms with Crippen molar-refractivity contribution in [3.05, 3.63) is 0 Å². The summed E-state index contributed by atoms with van der Waals surface area (Å²) in [6, 6.07) is 0. The molecule has 2 nitrogen and oxygen atoms in total. The van der Waals surface area contributed by atoms with Crippen molar-refractivity contribution >= 4 is 22.6 Å². The number of nitrogens with one attached hydrogen (secondary N) is 1. The second kappa shape index (κ2) is 9.65. The molecule has 0 bridgehead atoms. The molecule has 0 fully saturated rings. The van der Waals surface area contributed by atoms with E-state index in [2.05, 4.69) is 27.9 Å². The van der Waals surface area contributed by atoms with E-state index in [4.69, 9.17) is 4.74 Å². The summed E-state index contributed by atoms with van der Waals surface area (Å²) in [6.45, 7) is 5.80. The third kappa shape index (κ3) is 8.65. The first-order chi connectivity index (χ1) is 4.91. The van der Waals surface area contributed by atoms with Gasteiger partial charge in [-0.05, 0) is 19.9 Å². The highest BCUT2D eigenvalue weighted by Crippen LogP contribution is 1.84. The van der Waals surface area contributed by atoms with Gasteiger partial charge in [0.25, 0.3) is 0 Å². The van der Waals surface area contributed by atoms with Gasteiger partial charge in [-0.3, -0.25) is 0 Å². The first-order valence-electron chi connectivity index (χ1n) is 3.76. The van der Waals surface area contributed by atoms with Gasteiger partial charge in [-0.15, -0.1) is 0 Å². The number of rotatable bonds is 7. The zero-order valence-electron chi connectivity index (χ0n) is 6.53. The Morgan fingerprint density at radius 2 is 2.20 bits per heavy atom. The lowest BCUT2D eigenvalue weighted by Gasteiger charge is -2.02. The molecule has 0 aliphatic carbocycles. The summed E-state index contributed by atoms with van der Waals surface area (Å²) in [4.78, 5) is 0. The molecule has 0 rings (SSSR count). The Morgan fingerprint density at radius 3 is 2.80 bits per heavy atom. The van der Waals surface area contributed by atoms with Crippen LogP contribution in [0.15, 0.2) is 0 Å². The molecule has 0 unspecified atom stereocenters. The van der Waals surface area contributed by atoms with Crippen LogP contribution in [-0.4, -0.2) is 30.7 Å². The van der Waals surface area contributed by atoms with Crippen LogP contribution in [0.1, 0.15) is 13.3 Å². The highest BCUT2D eigenvalue weighted by molar-refractivity contribution is 14.1. The minimum Gasteiger partial charge on any atom is -0.380 e. The quantitative estimate of drug-likeness (QED) is 0.423. The van der Waals surface area contributed by atoms with Gasteiger partial charge >= 0.3 is 0 Å². The fourth-order valence-corrected chi connectivity index (χ4v) is 0.987. The Kier molecular flexibility index (Phi) is 10.3. The second-order valence-electron chi connectivity index (χ2n) is 1.99. The third-order valence-corrected chi connectivity index (χ3v) is 1.88. The molecule has 0 saturated carbocycles. The van der Waals surface area contributed by atoms with Crippen LogP contribution in [0.2, 0.25) is 0 Å². The van der Waals surface area contributed by atoms with Gasteiger partial charge in [-0.1, -0.05) is 22.6 Å². The van der Waals surface area contributed by atoms with Crippen molar-refractivity contribution in [3.8, 4) is 0 Å². The van der Waals surface area contributed by atoms with Crippen molar-refractivity contribution in [2.24, 2.45) is 0 Å². The van der Waals surface area contributed by atoms with Crippen LogP contribution in [0.3, 0.4) is 0 Å². The molecule has 0 aromatic rings. The van der Waals surface area contributed by atoms with E-state index in [-0.39, 0.29) is 0 Å². The summed E-state index contributed by atoms with van der Waals surface area (Å²) < 4.78 is 6.38. The monoisotopic (exact) mass is 257 g/mol. The summed E-state index contributed by atoms with van der Waals surface area (Å²) in [6.07, 6.45) is 1.26. The topological polar surface area (TPSA) is 21.3 Å². The van der Waals surface area contributed by atoms with E-state index < -0.39 is 0 Å². The smallest absolute Gasteiger partial charge is 0.0590 e. The predicted octanol–water partition coefficient (Wildman–Crippen LogP) is 1.44. The van der Waals surface area contributed by atoms with Gasteiger partial charge in [0.15, 0.2) is 0 Å². The molecular formula is C7H16INO. The minimum absolute atomic E-state index is 0.827. The maximum absolute atomic E-state index is 5.15. The summed E-state index contributed by atoms with van der Waals surface area (Å²) in [7, 11) is 0. The van der Waals surface area contributed by atoms with Gasteiger partial charge in [0.1, 0.15) is 0 Å². The van der Waals surface area contributed by atoms with Gasteiger partial charge in [-0.25, -0.2) is 0 Å². The van der Waals surface area contributed by atoms with Crippen LogP contribution < -0.4 is 5.32 Å². The molecule has 0 amide bonds. The summed E-state index contributed by atoms with van der Waals surface area (Å²) in [5.74, 6) is 0. The van der Waals surface area contributed by atoms with Crippen molar-refractivity contribution in [3.63, 3.8) is 0 Å². The Morgan fingerprint density at radius 1 is 1.40 bits per heavy atom. The zero-order chi connectivity index (χ0) is 7.66. The SMILES string of the molecule is CCOCCNCCCI. The molecule has 0 aromatic carbocycles. The van der Waals surface area contributed by atoms with Gasteiger partial charge in [0, 0.05) is 17.6 Å². The Labute approximate surface area is 76.9 Å². The summed E-state index contributed by atoms with van der Waals surface area (Å²) >= 11 is 2.38. The fraction of sp³-hybridized carbons (Fsp3) is 1.00. The van der Waals surface area contributed by atoms with E-state index in [9.17, 15) is 0 Å². The Balaban J connectivity index is 2.65. The van der Waals surface area contributed by atoms with Crippen molar-refractivity contribution < 1.29 is 4.74 Å². The molecule has 10 heavy (non-hydrogen) atoms. The van der Waals surface area contributed by atoms with Crippen LogP contribution >= 0.6 is 22.6 Å². The van der Waals surface area contributed by atoms with E-state index >= 15 is 0 Å². The molecule has 0 atom stereocenters. The Bertz CT molecular complexity index is 53.6. The average molecular weight is 257 g/mol. The molecule has 0 spiro atoms. The van der Waals surface area contributed by atoms with Crippen LogP contribution in [-0.2, 0) is 4.74 Å². The van der Waals surface area contributed by atoms with Gasteiger partial charge < -0.3 is 10.1 Å². The number of hydrogen-bond acceptors (Lipinski definition) is 2. The number of hydrogen-bond donors (Lipinski definition) is 1. The molecule has 0 aromatic heterocycles. The molecule has 3 heteroatoms. The van der Waals surface area contributed by atoms with Crippen LogP contribution in [0.25, 0.3) is 0 Å². The summed E-state index contributed by atoms with van der Waals surface area (Å²) in [5.41, 5.74) is 0. The standard InChI is InChI=1S/C7H16INO/c1-2-10-7-6-9-5-3-4-8/h9H,2-7H2,1H3. The highest BCUT2D eigenvalue weighted by atomic mass is 127. The number of alkyl halides is 1. The van der Waals surface area contributed by atoms with Crippen LogP contribution in [0.4, 0.5) is 0 Å². The van der Waals surface area contributed by atoms with E-state index in [0.29, 0.717) is 0 Å². The lowest BCUT2D eigenvalue weighted by Crippen LogP contribution is -2.20. The molecule has 1 N–H and O–H groups in total.